The lowest BCUT2D eigenvalue weighted by atomic mass is 10.1. The second kappa shape index (κ2) is 5.22. The van der Waals surface area contributed by atoms with Crippen molar-refractivity contribution in [2.75, 3.05) is 7.05 Å². The van der Waals surface area contributed by atoms with Crippen LogP contribution in [0, 0.1) is 0 Å². The van der Waals surface area contributed by atoms with Crippen molar-refractivity contribution < 1.29 is 22.0 Å². The second-order valence-corrected chi connectivity index (χ2v) is 5.22. The molecule has 7 heteroatoms. The van der Waals surface area contributed by atoms with E-state index in [-0.39, 0.29) is 12.3 Å². The summed E-state index contributed by atoms with van der Waals surface area (Å²) in [6.45, 7) is 0. The van der Waals surface area contributed by atoms with Gasteiger partial charge in [0, 0.05) is 7.05 Å². The van der Waals surface area contributed by atoms with Gasteiger partial charge in [-0.15, -0.1) is 0 Å². The van der Waals surface area contributed by atoms with E-state index in [1.807, 2.05) is 0 Å². The van der Waals surface area contributed by atoms with E-state index in [0.717, 1.165) is 12.1 Å². The molecule has 94 valence electrons. The van der Waals surface area contributed by atoms with E-state index < -0.39 is 20.5 Å². The summed E-state index contributed by atoms with van der Waals surface area (Å²) in [5, 5.41) is 2.40. The molecule has 0 saturated carbocycles. The number of hydrogen-bond donors (Lipinski definition) is 1. The molecule has 0 aliphatic rings. The predicted octanol–water partition coefficient (Wildman–Crippen LogP) is 0.971. The molecule has 0 aliphatic carbocycles. The maximum absolute atomic E-state index is 12.2. The summed E-state index contributed by atoms with van der Waals surface area (Å²) in [6, 6.07) is 4.81. The smallest absolute Gasteiger partial charge is 0.341 e. The first-order valence-corrected chi connectivity index (χ1v) is 6.24. The minimum Gasteiger partial charge on any atom is -0.359 e. The number of carbonyl (C=O) groups excluding carboxylic acids is 1. The van der Waals surface area contributed by atoms with Gasteiger partial charge < -0.3 is 5.32 Å². The normalized spacial score (nSPS) is 11.5. The Kier molecular flexibility index (Phi) is 4.17. The molecular weight excluding hydrogens is 252 g/mol. The largest absolute Gasteiger partial charge is 0.359 e. The first-order chi connectivity index (χ1) is 7.87. The van der Waals surface area contributed by atoms with Crippen LogP contribution in [0.4, 0.5) is 8.78 Å². The minimum absolute atomic E-state index is 0.0749. The predicted molar refractivity (Wildman–Crippen MR) is 57.4 cm³/mol. The van der Waals surface area contributed by atoms with Crippen molar-refractivity contribution in [2.45, 2.75) is 17.1 Å². The van der Waals surface area contributed by atoms with Crippen molar-refractivity contribution >= 4 is 15.7 Å². The maximum atomic E-state index is 12.2. The van der Waals surface area contributed by atoms with Gasteiger partial charge in [0.25, 0.3) is 0 Å². The molecule has 1 aromatic carbocycles. The fourth-order valence-corrected chi connectivity index (χ4v) is 1.89. The summed E-state index contributed by atoms with van der Waals surface area (Å²) < 4.78 is 46.6. The van der Waals surface area contributed by atoms with Gasteiger partial charge in [-0.05, 0) is 17.7 Å². The molecule has 0 fully saturated rings. The lowest BCUT2D eigenvalue weighted by molar-refractivity contribution is -0.119. The van der Waals surface area contributed by atoms with E-state index in [1.165, 1.54) is 19.2 Å². The van der Waals surface area contributed by atoms with E-state index >= 15 is 0 Å². The molecule has 0 aliphatic heterocycles. The lowest BCUT2D eigenvalue weighted by Gasteiger charge is -2.04. The average molecular weight is 263 g/mol. The number of hydrogen-bond acceptors (Lipinski definition) is 3. The van der Waals surface area contributed by atoms with Gasteiger partial charge in [-0.1, -0.05) is 12.1 Å². The number of amides is 1. The third-order valence-electron chi connectivity index (χ3n) is 2.13. The Bertz CT molecular complexity index is 497. The number of nitrogens with one attached hydrogen (secondary N) is 1. The van der Waals surface area contributed by atoms with Crippen LogP contribution in [0.5, 0.6) is 0 Å². The van der Waals surface area contributed by atoms with E-state index in [0.29, 0.717) is 5.56 Å². The van der Waals surface area contributed by atoms with Crippen LogP contribution in [-0.2, 0) is 21.1 Å². The SMILES string of the molecule is CNC(=O)Cc1ccc(S(=O)(=O)C(F)F)cc1. The molecule has 0 saturated heterocycles. The first-order valence-electron chi connectivity index (χ1n) is 4.69. The molecule has 0 atom stereocenters. The van der Waals surface area contributed by atoms with Gasteiger partial charge in [0.15, 0.2) is 0 Å². The molecule has 1 aromatic rings. The van der Waals surface area contributed by atoms with Crippen molar-refractivity contribution in [1.82, 2.24) is 5.32 Å². The molecule has 0 unspecified atom stereocenters. The van der Waals surface area contributed by atoms with Crippen LogP contribution >= 0.6 is 0 Å². The van der Waals surface area contributed by atoms with Gasteiger partial charge in [0.2, 0.25) is 15.7 Å². The maximum Gasteiger partial charge on any atom is 0.341 e. The summed E-state index contributed by atoms with van der Waals surface area (Å²) in [7, 11) is -3.09. The van der Waals surface area contributed by atoms with Gasteiger partial charge in [0.1, 0.15) is 0 Å². The van der Waals surface area contributed by atoms with Crippen LogP contribution in [0.1, 0.15) is 5.56 Å². The zero-order valence-corrected chi connectivity index (χ0v) is 9.80. The van der Waals surface area contributed by atoms with Crippen molar-refractivity contribution in [3.8, 4) is 0 Å². The van der Waals surface area contributed by atoms with Gasteiger partial charge in [-0.2, -0.15) is 8.78 Å². The van der Waals surface area contributed by atoms with E-state index in [4.69, 9.17) is 0 Å². The molecule has 0 radical (unpaired) electrons. The number of carbonyl (C=O) groups is 1. The molecule has 1 amide bonds. The quantitative estimate of drug-likeness (QED) is 0.880. The standard InChI is InChI=1S/C10H11F2NO3S/c1-13-9(14)6-7-2-4-8(5-3-7)17(15,16)10(11)12/h2-5,10H,6H2,1H3,(H,13,14). The van der Waals surface area contributed by atoms with Crippen molar-refractivity contribution in [2.24, 2.45) is 0 Å². The van der Waals surface area contributed by atoms with E-state index in [2.05, 4.69) is 5.32 Å². The molecule has 4 nitrogen and oxygen atoms in total. The number of sulfone groups is 1. The summed E-state index contributed by atoms with van der Waals surface area (Å²) in [4.78, 5) is 10.6. The van der Waals surface area contributed by atoms with Gasteiger partial charge in [-0.3, -0.25) is 4.79 Å². The van der Waals surface area contributed by atoms with E-state index in [9.17, 15) is 22.0 Å². The Morgan fingerprint density at radius 1 is 1.29 bits per heavy atom. The second-order valence-electron chi connectivity index (χ2n) is 3.30. The Labute approximate surface area is 97.6 Å². The Morgan fingerprint density at radius 2 is 1.82 bits per heavy atom. The highest BCUT2D eigenvalue weighted by Crippen LogP contribution is 2.18. The van der Waals surface area contributed by atoms with Gasteiger partial charge >= 0.3 is 5.76 Å². The summed E-state index contributed by atoms with van der Waals surface area (Å²) in [5.41, 5.74) is 0.553. The third kappa shape index (κ3) is 3.23. The number of rotatable bonds is 4. The first kappa shape index (κ1) is 13.6. The molecule has 1 N–H and O–H groups in total. The molecule has 0 aromatic heterocycles. The number of likely N-dealkylation sites (N-methyl/N-ethyl adjacent to an activating group) is 1. The highest BCUT2D eigenvalue weighted by molar-refractivity contribution is 7.91. The fraction of sp³-hybridized carbons (Fsp3) is 0.300. The van der Waals surface area contributed by atoms with Crippen molar-refractivity contribution in [3.05, 3.63) is 29.8 Å². The van der Waals surface area contributed by atoms with Crippen molar-refractivity contribution in [1.29, 1.82) is 0 Å². The van der Waals surface area contributed by atoms with Crippen LogP contribution in [0.25, 0.3) is 0 Å². The topological polar surface area (TPSA) is 63.2 Å². The van der Waals surface area contributed by atoms with E-state index in [1.54, 1.807) is 0 Å². The fourth-order valence-electron chi connectivity index (χ4n) is 1.17. The highest BCUT2D eigenvalue weighted by Gasteiger charge is 2.26. The highest BCUT2D eigenvalue weighted by atomic mass is 32.2. The van der Waals surface area contributed by atoms with Crippen LogP contribution in [0.2, 0.25) is 0 Å². The molecule has 0 spiro atoms. The molecule has 17 heavy (non-hydrogen) atoms. The summed E-state index contributed by atoms with van der Waals surface area (Å²) in [5.74, 6) is -3.68. The van der Waals surface area contributed by atoms with Crippen LogP contribution in [0.3, 0.4) is 0 Å². The van der Waals surface area contributed by atoms with Crippen LogP contribution in [-0.4, -0.2) is 27.1 Å². The lowest BCUT2D eigenvalue weighted by Crippen LogP contribution is -2.20. The Morgan fingerprint density at radius 3 is 2.24 bits per heavy atom. The average Bonchev–Trinajstić information content (AvgIpc) is 2.29. The van der Waals surface area contributed by atoms with Gasteiger partial charge in [-0.25, -0.2) is 8.42 Å². The monoisotopic (exact) mass is 263 g/mol. The zero-order valence-electron chi connectivity index (χ0n) is 8.98. The van der Waals surface area contributed by atoms with Gasteiger partial charge in [0.05, 0.1) is 11.3 Å². The zero-order chi connectivity index (χ0) is 13.1. The van der Waals surface area contributed by atoms with Crippen molar-refractivity contribution in [3.63, 3.8) is 0 Å². The molecular formula is C10H11F2NO3S. The number of benzene rings is 1. The molecule has 0 heterocycles. The minimum atomic E-state index is -4.56. The molecule has 1 rings (SSSR count). The number of alkyl halides is 2. The molecule has 0 bridgehead atoms. The number of halogens is 2. The summed E-state index contributed by atoms with van der Waals surface area (Å²) in [6.07, 6.45) is 0.0749. The van der Waals surface area contributed by atoms with Crippen LogP contribution < -0.4 is 5.32 Å². The summed E-state index contributed by atoms with van der Waals surface area (Å²) >= 11 is 0. The Balaban J connectivity index is 2.93. The van der Waals surface area contributed by atoms with Crippen LogP contribution in [0.15, 0.2) is 29.2 Å². The Hall–Kier alpha value is -1.50. The third-order valence-corrected chi connectivity index (χ3v) is 3.53.